The van der Waals surface area contributed by atoms with E-state index in [0.29, 0.717) is 6.01 Å². The van der Waals surface area contributed by atoms with Gasteiger partial charge in [-0.15, -0.1) is 0 Å². The van der Waals surface area contributed by atoms with Gasteiger partial charge in [-0.3, -0.25) is 0 Å². The van der Waals surface area contributed by atoms with Crippen molar-refractivity contribution < 1.29 is 4.74 Å². The van der Waals surface area contributed by atoms with Crippen molar-refractivity contribution in [3.63, 3.8) is 0 Å². The van der Waals surface area contributed by atoms with Crippen LogP contribution in [0.15, 0.2) is 30.6 Å². The highest BCUT2D eigenvalue weighted by Gasteiger charge is 2.02. The molecule has 0 amide bonds. The SMILES string of the molecule is Cc1cc(C)cc(Oc2ncc(CBr)cn2)c1. The summed E-state index contributed by atoms with van der Waals surface area (Å²) in [6, 6.07) is 6.41. The molecule has 0 radical (unpaired) electrons. The van der Waals surface area contributed by atoms with Crippen LogP contribution in [0.3, 0.4) is 0 Å². The Morgan fingerprint density at radius 3 is 2.18 bits per heavy atom. The maximum atomic E-state index is 5.60. The molecule has 0 atom stereocenters. The summed E-state index contributed by atoms with van der Waals surface area (Å²) < 4.78 is 5.60. The monoisotopic (exact) mass is 292 g/mol. The molecule has 0 saturated heterocycles. The molecule has 0 N–H and O–H groups in total. The number of hydrogen-bond acceptors (Lipinski definition) is 3. The average molecular weight is 293 g/mol. The lowest BCUT2D eigenvalue weighted by molar-refractivity contribution is 0.440. The largest absolute Gasteiger partial charge is 0.424 e. The smallest absolute Gasteiger partial charge is 0.321 e. The van der Waals surface area contributed by atoms with Gasteiger partial charge in [0.05, 0.1) is 0 Å². The number of nitrogens with zero attached hydrogens (tertiary/aromatic N) is 2. The van der Waals surface area contributed by atoms with Crippen LogP contribution in [0.2, 0.25) is 0 Å². The number of hydrogen-bond donors (Lipinski definition) is 0. The fourth-order valence-electron chi connectivity index (χ4n) is 1.56. The van der Waals surface area contributed by atoms with E-state index in [4.69, 9.17) is 4.74 Å². The third-order valence-corrected chi connectivity index (χ3v) is 2.89. The zero-order valence-corrected chi connectivity index (χ0v) is 11.4. The standard InChI is InChI=1S/C13H13BrN2O/c1-9-3-10(2)5-12(4-9)17-13-15-7-11(6-14)8-16-13/h3-5,7-8H,6H2,1-2H3. The number of ether oxygens (including phenoxy) is 1. The quantitative estimate of drug-likeness (QED) is 0.808. The average Bonchev–Trinajstić information content (AvgIpc) is 2.28. The van der Waals surface area contributed by atoms with E-state index in [-0.39, 0.29) is 0 Å². The van der Waals surface area contributed by atoms with Crippen LogP contribution in [-0.2, 0) is 5.33 Å². The van der Waals surface area contributed by atoms with Gasteiger partial charge < -0.3 is 4.74 Å². The van der Waals surface area contributed by atoms with E-state index < -0.39 is 0 Å². The minimum absolute atomic E-state index is 0.375. The number of halogens is 1. The first-order valence-corrected chi connectivity index (χ1v) is 6.42. The van der Waals surface area contributed by atoms with Crippen LogP contribution in [0.4, 0.5) is 0 Å². The molecule has 17 heavy (non-hydrogen) atoms. The van der Waals surface area contributed by atoms with E-state index in [9.17, 15) is 0 Å². The fourth-order valence-corrected chi connectivity index (χ4v) is 1.85. The molecule has 0 fully saturated rings. The molecule has 4 heteroatoms. The predicted molar refractivity (Wildman–Crippen MR) is 70.7 cm³/mol. The van der Waals surface area contributed by atoms with Gasteiger partial charge in [0.1, 0.15) is 5.75 Å². The minimum atomic E-state index is 0.375. The highest BCUT2D eigenvalue weighted by Crippen LogP contribution is 2.20. The third kappa shape index (κ3) is 3.27. The Kier molecular flexibility index (Phi) is 3.74. The summed E-state index contributed by atoms with van der Waals surface area (Å²) in [5.41, 5.74) is 3.35. The minimum Gasteiger partial charge on any atom is -0.424 e. The molecule has 0 saturated carbocycles. The van der Waals surface area contributed by atoms with E-state index in [1.807, 2.05) is 26.0 Å². The lowest BCUT2D eigenvalue weighted by Gasteiger charge is -2.06. The second kappa shape index (κ2) is 5.27. The molecule has 0 bridgehead atoms. The van der Waals surface area contributed by atoms with Crippen molar-refractivity contribution in [3.05, 3.63) is 47.3 Å². The molecular weight excluding hydrogens is 280 g/mol. The van der Waals surface area contributed by atoms with Crippen molar-refractivity contribution in [3.8, 4) is 11.8 Å². The molecule has 0 aliphatic heterocycles. The van der Waals surface area contributed by atoms with Gasteiger partial charge in [0, 0.05) is 17.7 Å². The van der Waals surface area contributed by atoms with Crippen LogP contribution in [0.5, 0.6) is 11.8 Å². The number of benzene rings is 1. The van der Waals surface area contributed by atoms with Crippen LogP contribution in [0.25, 0.3) is 0 Å². The van der Waals surface area contributed by atoms with Crippen molar-refractivity contribution in [2.24, 2.45) is 0 Å². The van der Waals surface area contributed by atoms with Crippen LogP contribution in [-0.4, -0.2) is 9.97 Å². The van der Waals surface area contributed by atoms with Crippen LogP contribution < -0.4 is 4.74 Å². The van der Waals surface area contributed by atoms with Crippen LogP contribution in [0.1, 0.15) is 16.7 Å². The Morgan fingerprint density at radius 2 is 1.65 bits per heavy atom. The van der Waals surface area contributed by atoms with E-state index in [1.54, 1.807) is 12.4 Å². The van der Waals surface area contributed by atoms with Gasteiger partial charge in [0.15, 0.2) is 0 Å². The van der Waals surface area contributed by atoms with E-state index in [0.717, 1.165) is 27.8 Å². The molecule has 2 aromatic rings. The first kappa shape index (κ1) is 12.0. The highest BCUT2D eigenvalue weighted by molar-refractivity contribution is 9.08. The van der Waals surface area contributed by atoms with E-state index in [2.05, 4.69) is 32.0 Å². The molecule has 0 unspecified atom stereocenters. The van der Waals surface area contributed by atoms with Gasteiger partial charge in [0.2, 0.25) is 0 Å². The lowest BCUT2D eigenvalue weighted by atomic mass is 10.1. The maximum Gasteiger partial charge on any atom is 0.321 e. The topological polar surface area (TPSA) is 35.0 Å². The number of aryl methyl sites for hydroxylation is 2. The summed E-state index contributed by atoms with van der Waals surface area (Å²) in [4.78, 5) is 8.28. The number of rotatable bonds is 3. The van der Waals surface area contributed by atoms with Gasteiger partial charge in [-0.1, -0.05) is 22.0 Å². The predicted octanol–water partition coefficient (Wildman–Crippen LogP) is 3.78. The van der Waals surface area contributed by atoms with Crippen molar-refractivity contribution in [1.29, 1.82) is 0 Å². The number of alkyl halides is 1. The van der Waals surface area contributed by atoms with Crippen LogP contribution >= 0.6 is 15.9 Å². The molecular formula is C13H13BrN2O. The molecule has 88 valence electrons. The lowest BCUT2D eigenvalue weighted by Crippen LogP contribution is -1.93. The van der Waals surface area contributed by atoms with Crippen LogP contribution in [0, 0.1) is 13.8 Å². The zero-order valence-electron chi connectivity index (χ0n) is 9.77. The molecule has 1 aromatic carbocycles. The summed E-state index contributed by atoms with van der Waals surface area (Å²) in [5, 5.41) is 0.747. The fraction of sp³-hybridized carbons (Fsp3) is 0.231. The Labute approximate surface area is 109 Å². The molecule has 1 aromatic heterocycles. The normalized spacial score (nSPS) is 10.3. The number of aromatic nitrogens is 2. The second-order valence-corrected chi connectivity index (χ2v) is 4.49. The summed E-state index contributed by atoms with van der Waals surface area (Å²) in [5.74, 6) is 0.772. The Morgan fingerprint density at radius 1 is 1.06 bits per heavy atom. The second-order valence-electron chi connectivity index (χ2n) is 3.93. The molecule has 0 spiro atoms. The van der Waals surface area contributed by atoms with Crippen molar-refractivity contribution in [1.82, 2.24) is 9.97 Å². The highest BCUT2D eigenvalue weighted by atomic mass is 79.9. The van der Waals surface area contributed by atoms with E-state index in [1.165, 1.54) is 0 Å². The Balaban J connectivity index is 2.19. The summed E-state index contributed by atoms with van der Waals surface area (Å²) in [7, 11) is 0. The zero-order chi connectivity index (χ0) is 12.3. The van der Waals surface area contributed by atoms with Gasteiger partial charge in [-0.2, -0.15) is 0 Å². The molecule has 3 nitrogen and oxygen atoms in total. The molecule has 1 heterocycles. The molecule has 0 aliphatic rings. The summed E-state index contributed by atoms with van der Waals surface area (Å²) in [6.07, 6.45) is 3.50. The van der Waals surface area contributed by atoms with Crippen molar-refractivity contribution in [2.45, 2.75) is 19.2 Å². The van der Waals surface area contributed by atoms with Crippen molar-refractivity contribution in [2.75, 3.05) is 0 Å². The van der Waals surface area contributed by atoms with Crippen molar-refractivity contribution >= 4 is 15.9 Å². The summed E-state index contributed by atoms with van der Waals surface area (Å²) in [6.45, 7) is 4.07. The third-order valence-electron chi connectivity index (χ3n) is 2.24. The Bertz CT molecular complexity index is 491. The van der Waals surface area contributed by atoms with Gasteiger partial charge >= 0.3 is 6.01 Å². The van der Waals surface area contributed by atoms with E-state index >= 15 is 0 Å². The first-order valence-electron chi connectivity index (χ1n) is 5.30. The first-order chi connectivity index (χ1) is 8.17. The van der Waals surface area contributed by atoms with Gasteiger partial charge in [0.25, 0.3) is 0 Å². The van der Waals surface area contributed by atoms with Gasteiger partial charge in [-0.05, 0) is 42.7 Å². The molecule has 0 aliphatic carbocycles. The Hall–Kier alpha value is -1.42. The van der Waals surface area contributed by atoms with Gasteiger partial charge in [-0.25, -0.2) is 9.97 Å². The maximum absolute atomic E-state index is 5.60. The molecule has 2 rings (SSSR count). The summed E-state index contributed by atoms with van der Waals surface area (Å²) >= 11 is 3.35.